The Morgan fingerprint density at radius 3 is 2.67 bits per heavy atom. The van der Waals surface area contributed by atoms with Crippen molar-refractivity contribution in [3.63, 3.8) is 0 Å². The van der Waals surface area contributed by atoms with Gasteiger partial charge in [0.25, 0.3) is 0 Å². The number of hydrogen-bond acceptors (Lipinski definition) is 2. The number of carbonyl (C=O) groups is 2. The Morgan fingerprint density at radius 1 is 1.56 bits per heavy atom. The fourth-order valence-corrected chi connectivity index (χ4v) is 2.00. The van der Waals surface area contributed by atoms with Gasteiger partial charge in [-0.15, -0.1) is 6.58 Å². The molecule has 5 nitrogen and oxygen atoms in total. The molecular formula is C13H22N2O3. The SMILES string of the molecule is C=CCCCN(C)C(=O)N1CC(C(C)C(=O)O)C1. The Kier molecular flexibility index (Phi) is 5.19. The second kappa shape index (κ2) is 6.42. The van der Waals surface area contributed by atoms with Gasteiger partial charge >= 0.3 is 12.0 Å². The number of urea groups is 1. The van der Waals surface area contributed by atoms with Crippen LogP contribution in [0.1, 0.15) is 19.8 Å². The van der Waals surface area contributed by atoms with E-state index in [2.05, 4.69) is 6.58 Å². The number of rotatable bonds is 6. The molecule has 1 aliphatic heterocycles. The summed E-state index contributed by atoms with van der Waals surface area (Å²) in [6.07, 6.45) is 3.65. The largest absolute Gasteiger partial charge is 0.481 e. The summed E-state index contributed by atoms with van der Waals surface area (Å²) in [7, 11) is 1.78. The topological polar surface area (TPSA) is 60.9 Å². The highest BCUT2D eigenvalue weighted by Crippen LogP contribution is 2.24. The smallest absolute Gasteiger partial charge is 0.319 e. The standard InChI is InChI=1S/C13H22N2O3/c1-4-5-6-7-14(3)13(18)15-8-11(9-15)10(2)12(16)17/h4,10-11H,1,5-9H2,2-3H3,(H,16,17). The zero-order valence-electron chi connectivity index (χ0n) is 11.1. The summed E-state index contributed by atoms with van der Waals surface area (Å²) in [6, 6.07) is -0.00657. The van der Waals surface area contributed by atoms with Crippen LogP contribution in [-0.4, -0.2) is 53.6 Å². The van der Waals surface area contributed by atoms with E-state index in [1.807, 2.05) is 6.08 Å². The Hall–Kier alpha value is -1.52. The molecule has 0 spiro atoms. The number of hydrogen-bond donors (Lipinski definition) is 1. The van der Waals surface area contributed by atoms with Gasteiger partial charge in [-0.05, 0) is 12.8 Å². The molecule has 18 heavy (non-hydrogen) atoms. The van der Waals surface area contributed by atoms with E-state index in [9.17, 15) is 9.59 Å². The molecule has 2 amide bonds. The molecule has 0 saturated carbocycles. The van der Waals surface area contributed by atoms with E-state index >= 15 is 0 Å². The summed E-state index contributed by atoms with van der Waals surface area (Å²) in [5.74, 6) is -1.07. The van der Waals surface area contributed by atoms with E-state index in [0.29, 0.717) is 19.6 Å². The average molecular weight is 254 g/mol. The molecule has 0 aromatic rings. The highest BCUT2D eigenvalue weighted by molar-refractivity contribution is 5.76. The molecular weight excluding hydrogens is 232 g/mol. The van der Waals surface area contributed by atoms with E-state index in [-0.39, 0.29) is 17.9 Å². The zero-order valence-corrected chi connectivity index (χ0v) is 11.1. The Labute approximate surface area is 108 Å². The van der Waals surface area contributed by atoms with Gasteiger partial charge in [-0.25, -0.2) is 4.79 Å². The maximum atomic E-state index is 11.9. The van der Waals surface area contributed by atoms with Crippen molar-refractivity contribution in [1.29, 1.82) is 0 Å². The quantitative estimate of drug-likeness (QED) is 0.579. The molecule has 1 aliphatic rings. The molecule has 0 bridgehead atoms. The maximum Gasteiger partial charge on any atom is 0.319 e. The van der Waals surface area contributed by atoms with Crippen LogP contribution in [-0.2, 0) is 4.79 Å². The third-order valence-electron chi connectivity index (χ3n) is 3.51. The van der Waals surface area contributed by atoms with Crippen LogP contribution in [0, 0.1) is 11.8 Å². The van der Waals surface area contributed by atoms with E-state index in [4.69, 9.17) is 5.11 Å². The van der Waals surface area contributed by atoms with Gasteiger partial charge in [0.1, 0.15) is 0 Å². The Morgan fingerprint density at radius 2 is 2.17 bits per heavy atom. The van der Waals surface area contributed by atoms with Gasteiger partial charge in [0.2, 0.25) is 0 Å². The van der Waals surface area contributed by atoms with Gasteiger partial charge in [0.15, 0.2) is 0 Å². The minimum Gasteiger partial charge on any atom is -0.481 e. The molecule has 1 fully saturated rings. The zero-order chi connectivity index (χ0) is 13.7. The van der Waals surface area contributed by atoms with Gasteiger partial charge < -0.3 is 14.9 Å². The van der Waals surface area contributed by atoms with Crippen molar-refractivity contribution in [2.24, 2.45) is 11.8 Å². The fourth-order valence-electron chi connectivity index (χ4n) is 2.00. The summed E-state index contributed by atoms with van der Waals surface area (Å²) in [4.78, 5) is 26.1. The van der Waals surface area contributed by atoms with Crippen molar-refractivity contribution >= 4 is 12.0 Å². The summed E-state index contributed by atoms with van der Waals surface area (Å²) in [5.41, 5.74) is 0. The lowest BCUT2D eigenvalue weighted by atomic mass is 9.87. The first-order valence-corrected chi connectivity index (χ1v) is 6.31. The Bertz CT molecular complexity index is 324. The highest BCUT2D eigenvalue weighted by Gasteiger charge is 2.37. The van der Waals surface area contributed by atoms with E-state index < -0.39 is 5.97 Å². The van der Waals surface area contributed by atoms with Gasteiger partial charge in [-0.1, -0.05) is 13.0 Å². The van der Waals surface area contributed by atoms with Crippen molar-refractivity contribution in [2.75, 3.05) is 26.7 Å². The number of unbranched alkanes of at least 4 members (excludes halogenated alkanes) is 1. The summed E-state index contributed by atoms with van der Waals surface area (Å²) in [6.45, 7) is 7.15. The fraction of sp³-hybridized carbons (Fsp3) is 0.692. The molecule has 5 heteroatoms. The predicted octanol–water partition coefficient (Wildman–Crippen LogP) is 1.66. The maximum absolute atomic E-state index is 11.9. The predicted molar refractivity (Wildman–Crippen MR) is 69.3 cm³/mol. The normalized spacial score (nSPS) is 16.9. The lowest BCUT2D eigenvalue weighted by Gasteiger charge is -2.42. The van der Waals surface area contributed by atoms with Crippen LogP contribution in [0.15, 0.2) is 12.7 Å². The van der Waals surface area contributed by atoms with Crippen LogP contribution in [0.25, 0.3) is 0 Å². The number of carboxylic acid groups (broad SMARTS) is 1. The van der Waals surface area contributed by atoms with Crippen molar-refractivity contribution in [3.8, 4) is 0 Å². The van der Waals surface area contributed by atoms with Crippen molar-refractivity contribution in [3.05, 3.63) is 12.7 Å². The van der Waals surface area contributed by atoms with Gasteiger partial charge in [0.05, 0.1) is 5.92 Å². The van der Waals surface area contributed by atoms with E-state index in [1.54, 1.807) is 23.8 Å². The summed E-state index contributed by atoms with van der Waals surface area (Å²) >= 11 is 0. The number of amides is 2. The molecule has 1 heterocycles. The molecule has 0 aliphatic carbocycles. The molecule has 1 N–H and O–H groups in total. The van der Waals surface area contributed by atoms with E-state index in [1.165, 1.54) is 0 Å². The number of allylic oxidation sites excluding steroid dienone is 1. The van der Waals surface area contributed by atoms with Crippen LogP contribution in [0.4, 0.5) is 4.79 Å². The summed E-state index contributed by atoms with van der Waals surface area (Å²) in [5, 5.41) is 8.87. The second-order valence-electron chi connectivity index (χ2n) is 4.93. The van der Waals surface area contributed by atoms with Crippen LogP contribution in [0.2, 0.25) is 0 Å². The molecule has 102 valence electrons. The Balaban J connectivity index is 2.29. The van der Waals surface area contributed by atoms with Gasteiger partial charge in [-0.3, -0.25) is 4.79 Å². The molecule has 0 radical (unpaired) electrons. The molecule has 1 atom stereocenters. The molecule has 0 aromatic carbocycles. The van der Waals surface area contributed by atoms with Gasteiger partial charge in [0, 0.05) is 32.6 Å². The van der Waals surface area contributed by atoms with E-state index in [0.717, 1.165) is 12.8 Å². The van der Waals surface area contributed by atoms with Crippen LogP contribution >= 0.6 is 0 Å². The van der Waals surface area contributed by atoms with Crippen molar-refractivity contribution < 1.29 is 14.7 Å². The second-order valence-corrected chi connectivity index (χ2v) is 4.93. The monoisotopic (exact) mass is 254 g/mol. The first kappa shape index (κ1) is 14.5. The van der Waals surface area contributed by atoms with Crippen molar-refractivity contribution in [1.82, 2.24) is 9.80 Å². The third-order valence-corrected chi connectivity index (χ3v) is 3.51. The average Bonchev–Trinajstić information content (AvgIpc) is 2.26. The minimum absolute atomic E-state index is 0.00657. The number of carbonyl (C=O) groups excluding carboxylic acids is 1. The van der Waals surface area contributed by atoms with Crippen LogP contribution in [0.3, 0.4) is 0 Å². The molecule has 1 rings (SSSR count). The highest BCUT2D eigenvalue weighted by atomic mass is 16.4. The lowest BCUT2D eigenvalue weighted by molar-refractivity contribution is -0.144. The number of nitrogens with zero attached hydrogens (tertiary/aromatic N) is 2. The van der Waals surface area contributed by atoms with Crippen molar-refractivity contribution in [2.45, 2.75) is 19.8 Å². The molecule has 1 saturated heterocycles. The molecule has 0 aromatic heterocycles. The molecule has 1 unspecified atom stereocenters. The first-order chi connectivity index (χ1) is 8.47. The summed E-state index contributed by atoms with van der Waals surface area (Å²) < 4.78 is 0. The number of aliphatic carboxylic acids is 1. The number of carboxylic acids is 1. The minimum atomic E-state index is -0.786. The van der Waals surface area contributed by atoms with Crippen LogP contribution < -0.4 is 0 Å². The van der Waals surface area contributed by atoms with Gasteiger partial charge in [-0.2, -0.15) is 0 Å². The number of likely N-dealkylation sites (tertiary alicyclic amines) is 1. The lowest BCUT2D eigenvalue weighted by Crippen LogP contribution is -2.56. The van der Waals surface area contributed by atoms with Crippen LogP contribution in [0.5, 0.6) is 0 Å². The third kappa shape index (κ3) is 3.48. The first-order valence-electron chi connectivity index (χ1n) is 6.31.